The van der Waals surface area contributed by atoms with Gasteiger partial charge in [-0.25, -0.2) is 0 Å². The molecule has 6 nitrogen and oxygen atoms in total. The third kappa shape index (κ3) is 61.2. The molecule has 0 rings (SSSR count). The van der Waals surface area contributed by atoms with Crippen LogP contribution in [0.15, 0.2) is 97.2 Å². The summed E-state index contributed by atoms with van der Waals surface area (Å²) in [6.07, 6.45) is 85.6. The lowest BCUT2D eigenvalue weighted by atomic mass is 10.0. The fourth-order valence-corrected chi connectivity index (χ4v) is 8.97. The van der Waals surface area contributed by atoms with Crippen LogP contribution in [0, 0.1) is 0 Å². The topological polar surface area (TPSA) is 78.9 Å². The number of ether oxygens (including phenoxy) is 3. The lowest BCUT2D eigenvalue weighted by Gasteiger charge is -2.18. The van der Waals surface area contributed by atoms with Crippen molar-refractivity contribution in [2.75, 3.05) is 13.2 Å². The maximum absolute atomic E-state index is 12.9. The average molecular weight is 1060 g/mol. The highest BCUT2D eigenvalue weighted by Gasteiger charge is 2.19. The molecule has 0 saturated heterocycles. The van der Waals surface area contributed by atoms with Gasteiger partial charge in [0.25, 0.3) is 0 Å². The zero-order valence-corrected chi connectivity index (χ0v) is 50.0. The Morgan fingerprint density at radius 1 is 0.276 bits per heavy atom. The van der Waals surface area contributed by atoms with Crippen LogP contribution in [0.1, 0.15) is 310 Å². The Balaban J connectivity index is 4.26. The second kappa shape index (κ2) is 63.9. The van der Waals surface area contributed by atoms with Gasteiger partial charge in [-0.05, 0) is 116 Å². The highest BCUT2D eigenvalue weighted by molar-refractivity contribution is 5.71. The summed E-state index contributed by atoms with van der Waals surface area (Å²) in [4.78, 5) is 38.2. The van der Waals surface area contributed by atoms with Crippen LogP contribution in [0.2, 0.25) is 0 Å². The van der Waals surface area contributed by atoms with Gasteiger partial charge < -0.3 is 14.2 Å². The molecule has 0 aromatic heterocycles. The zero-order chi connectivity index (χ0) is 55.0. The van der Waals surface area contributed by atoms with Gasteiger partial charge in [0, 0.05) is 19.3 Å². The van der Waals surface area contributed by atoms with Gasteiger partial charge in [0.15, 0.2) is 6.10 Å². The molecule has 6 heteroatoms. The molecule has 0 amide bonds. The maximum Gasteiger partial charge on any atom is 0.306 e. The number of esters is 3. The zero-order valence-electron chi connectivity index (χ0n) is 50.0. The summed E-state index contributed by atoms with van der Waals surface area (Å²) < 4.78 is 16.9. The number of allylic oxidation sites excluding steroid dienone is 16. The lowest BCUT2D eigenvalue weighted by molar-refractivity contribution is -0.167. The molecule has 0 radical (unpaired) electrons. The molecular weight excluding hydrogens is 937 g/mol. The largest absolute Gasteiger partial charge is 0.462 e. The summed E-state index contributed by atoms with van der Waals surface area (Å²) in [5.74, 6) is -0.894. The lowest BCUT2D eigenvalue weighted by Crippen LogP contribution is -2.30. The third-order valence-corrected chi connectivity index (χ3v) is 13.8. The Kier molecular flexibility index (Phi) is 60.8. The van der Waals surface area contributed by atoms with E-state index in [4.69, 9.17) is 14.2 Å². The quantitative estimate of drug-likeness (QED) is 0.0261. The smallest absolute Gasteiger partial charge is 0.306 e. The monoisotopic (exact) mass is 1060 g/mol. The summed E-state index contributed by atoms with van der Waals surface area (Å²) in [6, 6.07) is 0. The molecule has 0 aromatic carbocycles. The Bertz CT molecular complexity index is 1490. The van der Waals surface area contributed by atoms with Crippen LogP contribution in [0.4, 0.5) is 0 Å². The fourth-order valence-electron chi connectivity index (χ4n) is 8.97. The van der Waals surface area contributed by atoms with Crippen molar-refractivity contribution in [1.82, 2.24) is 0 Å². The van der Waals surface area contributed by atoms with Crippen LogP contribution in [-0.4, -0.2) is 37.2 Å². The van der Waals surface area contributed by atoms with E-state index in [1.165, 1.54) is 161 Å². The van der Waals surface area contributed by atoms with Crippen molar-refractivity contribution in [1.29, 1.82) is 0 Å². The number of rotatable bonds is 58. The summed E-state index contributed by atoms with van der Waals surface area (Å²) in [5.41, 5.74) is 0. The normalized spacial score (nSPS) is 12.7. The van der Waals surface area contributed by atoms with Gasteiger partial charge in [-0.1, -0.05) is 272 Å². The number of unbranched alkanes of at least 4 members (excludes halogenated alkanes) is 31. The van der Waals surface area contributed by atoms with Crippen molar-refractivity contribution in [3.63, 3.8) is 0 Å². The molecule has 0 spiro atoms. The molecule has 1 unspecified atom stereocenters. The van der Waals surface area contributed by atoms with Crippen molar-refractivity contribution in [3.8, 4) is 0 Å². The first kappa shape index (κ1) is 72.3. The molecule has 0 aliphatic heterocycles. The first-order valence-electron chi connectivity index (χ1n) is 32.2. The second-order valence-corrected chi connectivity index (χ2v) is 21.3. The SMILES string of the molecule is CC/C=C\C/C=C\C/C=C\C/C=C\CCCCCCCCCCCCC(=O)OC(COC(=O)CCCCCCC/C=C\CCC)COC(=O)CCCCCCCCCCCC/C=C\C/C=C\C/C=C\CCCCCCC. The number of hydrogen-bond acceptors (Lipinski definition) is 6. The third-order valence-electron chi connectivity index (χ3n) is 13.8. The van der Waals surface area contributed by atoms with Crippen molar-refractivity contribution in [2.24, 2.45) is 0 Å². The predicted octanol–water partition coefficient (Wildman–Crippen LogP) is 22.0. The number of carbonyl (C=O) groups is 3. The molecule has 0 heterocycles. The first-order chi connectivity index (χ1) is 37.5. The molecule has 0 aliphatic rings. The summed E-state index contributed by atoms with van der Waals surface area (Å²) >= 11 is 0. The number of carbonyl (C=O) groups excluding carboxylic acids is 3. The van der Waals surface area contributed by atoms with E-state index in [1.807, 2.05) is 0 Å². The van der Waals surface area contributed by atoms with Gasteiger partial charge in [-0.2, -0.15) is 0 Å². The standard InChI is InChI=1S/C70H120O6/c1-4-7-10-13-16-19-22-24-26-28-30-32-34-35-37-38-40-42-44-46-48-51-54-57-60-63-69(72)75-66-67(65-74-68(71)62-59-56-53-50-21-18-15-12-9-6-3)76-70(73)64-61-58-55-52-49-47-45-43-41-39-36-33-31-29-27-25-23-20-17-14-11-8-5-2/h8,11-12,15,17,20,22,24-25,27-28,30-31,33-35,67H,4-7,9-10,13-14,16,18-19,21,23,26,29,32,36-66H2,1-3H3/b11-8-,15-12-,20-17-,24-22-,27-25-,30-28-,33-31-,35-34-. The average Bonchev–Trinajstić information content (AvgIpc) is 3.42. The maximum atomic E-state index is 12.9. The van der Waals surface area contributed by atoms with E-state index in [0.717, 1.165) is 109 Å². The van der Waals surface area contributed by atoms with E-state index in [9.17, 15) is 14.4 Å². The molecule has 1 atom stereocenters. The molecule has 0 aromatic rings. The predicted molar refractivity (Wildman–Crippen MR) is 330 cm³/mol. The Morgan fingerprint density at radius 2 is 0.539 bits per heavy atom. The summed E-state index contributed by atoms with van der Waals surface area (Å²) in [5, 5.41) is 0. The van der Waals surface area contributed by atoms with E-state index >= 15 is 0 Å². The van der Waals surface area contributed by atoms with Crippen molar-refractivity contribution >= 4 is 17.9 Å². The first-order valence-corrected chi connectivity index (χ1v) is 32.2. The van der Waals surface area contributed by atoms with Gasteiger partial charge in [0.05, 0.1) is 0 Å². The van der Waals surface area contributed by atoms with E-state index in [0.29, 0.717) is 19.3 Å². The van der Waals surface area contributed by atoms with Gasteiger partial charge in [0.1, 0.15) is 13.2 Å². The summed E-state index contributed by atoms with van der Waals surface area (Å²) in [7, 11) is 0. The molecule has 0 aliphatic carbocycles. The summed E-state index contributed by atoms with van der Waals surface area (Å²) in [6.45, 7) is 6.46. The van der Waals surface area contributed by atoms with Crippen LogP contribution in [0.25, 0.3) is 0 Å². The Labute approximate surface area is 470 Å². The van der Waals surface area contributed by atoms with Crippen LogP contribution >= 0.6 is 0 Å². The van der Waals surface area contributed by atoms with E-state index in [1.54, 1.807) is 0 Å². The second-order valence-electron chi connectivity index (χ2n) is 21.3. The Hall–Kier alpha value is -3.67. The van der Waals surface area contributed by atoms with Crippen molar-refractivity contribution < 1.29 is 28.6 Å². The molecule has 0 fully saturated rings. The minimum Gasteiger partial charge on any atom is -0.462 e. The fraction of sp³-hybridized carbons (Fsp3) is 0.729. The number of hydrogen-bond donors (Lipinski definition) is 0. The molecule has 436 valence electrons. The van der Waals surface area contributed by atoms with Crippen LogP contribution in [0.3, 0.4) is 0 Å². The van der Waals surface area contributed by atoms with E-state index in [-0.39, 0.29) is 31.1 Å². The van der Waals surface area contributed by atoms with Gasteiger partial charge in [-0.15, -0.1) is 0 Å². The molecule has 0 N–H and O–H groups in total. The van der Waals surface area contributed by atoms with Crippen LogP contribution in [0.5, 0.6) is 0 Å². The van der Waals surface area contributed by atoms with Crippen LogP contribution in [-0.2, 0) is 28.6 Å². The molecule has 0 saturated carbocycles. The van der Waals surface area contributed by atoms with Gasteiger partial charge in [-0.3, -0.25) is 14.4 Å². The van der Waals surface area contributed by atoms with E-state index in [2.05, 4.69) is 118 Å². The highest BCUT2D eigenvalue weighted by Crippen LogP contribution is 2.16. The van der Waals surface area contributed by atoms with Gasteiger partial charge >= 0.3 is 17.9 Å². The van der Waals surface area contributed by atoms with E-state index < -0.39 is 6.10 Å². The highest BCUT2D eigenvalue weighted by atomic mass is 16.6. The van der Waals surface area contributed by atoms with Crippen molar-refractivity contribution in [3.05, 3.63) is 97.2 Å². The minimum atomic E-state index is -0.786. The minimum absolute atomic E-state index is 0.0833. The molecule has 0 bridgehead atoms. The molecular formula is C70H120O6. The van der Waals surface area contributed by atoms with Crippen molar-refractivity contribution in [2.45, 2.75) is 316 Å². The molecule has 76 heavy (non-hydrogen) atoms. The Morgan fingerprint density at radius 3 is 0.868 bits per heavy atom. The van der Waals surface area contributed by atoms with Gasteiger partial charge in [0.2, 0.25) is 0 Å². The van der Waals surface area contributed by atoms with Crippen LogP contribution < -0.4 is 0 Å².